The number of benzene rings is 1. The van der Waals surface area contributed by atoms with Crippen molar-refractivity contribution in [2.24, 2.45) is 0 Å². The molecule has 0 saturated carbocycles. The van der Waals surface area contributed by atoms with Crippen LogP contribution < -0.4 is 5.32 Å². The number of hydrogen-bond donors (Lipinski definition) is 1. The molecule has 0 bridgehead atoms. The number of carbonyl (C=O) groups excluding carboxylic acids is 1. The highest BCUT2D eigenvalue weighted by molar-refractivity contribution is 5.89. The molecule has 1 amide bonds. The van der Waals surface area contributed by atoms with Crippen molar-refractivity contribution in [3.63, 3.8) is 0 Å². The lowest BCUT2D eigenvalue weighted by molar-refractivity contribution is -0.116. The number of carbonyl (C=O) groups is 1. The third-order valence-corrected chi connectivity index (χ3v) is 3.15. The first-order chi connectivity index (χ1) is 11.1. The summed E-state index contributed by atoms with van der Waals surface area (Å²) in [6.07, 6.45) is 1.92. The van der Waals surface area contributed by atoms with Crippen molar-refractivity contribution in [1.82, 2.24) is 10.1 Å². The summed E-state index contributed by atoms with van der Waals surface area (Å²) in [4.78, 5) is 15.9. The molecule has 2 aromatic heterocycles. The molecule has 0 atom stereocenters. The van der Waals surface area contributed by atoms with E-state index in [0.717, 1.165) is 0 Å². The predicted molar refractivity (Wildman–Crippen MR) is 80.1 cm³/mol. The molecule has 7 heteroatoms. The van der Waals surface area contributed by atoms with E-state index in [1.54, 1.807) is 31.2 Å². The van der Waals surface area contributed by atoms with Gasteiger partial charge in [0.1, 0.15) is 11.6 Å². The van der Waals surface area contributed by atoms with Gasteiger partial charge in [-0.05, 0) is 19.1 Å². The largest absolute Gasteiger partial charge is 0.441 e. The summed E-state index contributed by atoms with van der Waals surface area (Å²) in [6.45, 7) is 1.74. The third-order valence-electron chi connectivity index (χ3n) is 3.15. The average Bonchev–Trinajstić information content (AvgIpc) is 3.15. The lowest BCUT2D eigenvalue weighted by Crippen LogP contribution is -2.12. The molecule has 0 aliphatic carbocycles. The van der Waals surface area contributed by atoms with E-state index in [2.05, 4.69) is 15.5 Å². The Labute approximate surface area is 131 Å². The summed E-state index contributed by atoms with van der Waals surface area (Å²) in [6, 6.07) is 7.91. The first-order valence-electron chi connectivity index (χ1n) is 7.04. The minimum atomic E-state index is -0.380. The van der Waals surface area contributed by atoms with Gasteiger partial charge in [-0.3, -0.25) is 4.79 Å². The van der Waals surface area contributed by atoms with Crippen LogP contribution in [0.4, 0.5) is 10.2 Å². The van der Waals surface area contributed by atoms with Gasteiger partial charge in [0.25, 0.3) is 0 Å². The van der Waals surface area contributed by atoms with Crippen molar-refractivity contribution in [2.45, 2.75) is 19.8 Å². The topological polar surface area (TPSA) is 81.2 Å². The molecular weight excluding hydrogens is 301 g/mol. The zero-order valence-corrected chi connectivity index (χ0v) is 12.4. The maximum absolute atomic E-state index is 13.7. The van der Waals surface area contributed by atoms with Crippen LogP contribution in [0.1, 0.15) is 18.1 Å². The fourth-order valence-corrected chi connectivity index (χ4v) is 2.06. The van der Waals surface area contributed by atoms with Crippen LogP contribution in [0.5, 0.6) is 0 Å². The maximum atomic E-state index is 13.7. The predicted octanol–water partition coefficient (Wildman–Crippen LogP) is 3.35. The van der Waals surface area contributed by atoms with Gasteiger partial charge in [0.15, 0.2) is 17.5 Å². The second-order valence-corrected chi connectivity index (χ2v) is 4.97. The lowest BCUT2D eigenvalue weighted by atomic mass is 10.2. The van der Waals surface area contributed by atoms with E-state index < -0.39 is 0 Å². The monoisotopic (exact) mass is 315 g/mol. The highest BCUT2D eigenvalue weighted by Crippen LogP contribution is 2.23. The molecule has 0 aliphatic rings. The van der Waals surface area contributed by atoms with Crippen molar-refractivity contribution < 1.29 is 18.1 Å². The summed E-state index contributed by atoms with van der Waals surface area (Å²) < 4.78 is 24.0. The number of halogens is 1. The van der Waals surface area contributed by atoms with E-state index in [1.807, 2.05) is 0 Å². The molecule has 1 aromatic carbocycles. The fourth-order valence-electron chi connectivity index (χ4n) is 2.06. The van der Waals surface area contributed by atoms with Gasteiger partial charge in [-0.25, -0.2) is 9.37 Å². The van der Waals surface area contributed by atoms with Gasteiger partial charge in [0, 0.05) is 18.9 Å². The Kier molecular flexibility index (Phi) is 4.18. The number of nitrogens with one attached hydrogen (secondary N) is 1. The van der Waals surface area contributed by atoms with Crippen LogP contribution in [0.2, 0.25) is 0 Å². The number of aryl methyl sites for hydroxylation is 2. The second kappa shape index (κ2) is 6.43. The Morgan fingerprint density at radius 1 is 1.35 bits per heavy atom. The van der Waals surface area contributed by atoms with Crippen LogP contribution >= 0.6 is 0 Å². The molecule has 1 N–H and O–H groups in total. The Bertz CT molecular complexity index is 825. The minimum Gasteiger partial charge on any atom is -0.441 e. The molecule has 0 unspecified atom stereocenters. The summed E-state index contributed by atoms with van der Waals surface area (Å²) in [7, 11) is 0. The molecule has 0 spiro atoms. The molecule has 6 nitrogen and oxygen atoms in total. The van der Waals surface area contributed by atoms with Crippen LogP contribution in [0.25, 0.3) is 11.3 Å². The first-order valence-corrected chi connectivity index (χ1v) is 7.04. The van der Waals surface area contributed by atoms with Gasteiger partial charge in [-0.2, -0.15) is 0 Å². The molecule has 0 saturated heterocycles. The summed E-state index contributed by atoms with van der Waals surface area (Å²) in [5.74, 6) is 1.08. The molecule has 3 aromatic rings. The zero-order chi connectivity index (χ0) is 16.2. The second-order valence-electron chi connectivity index (χ2n) is 4.97. The summed E-state index contributed by atoms with van der Waals surface area (Å²) in [5, 5.41) is 6.28. The van der Waals surface area contributed by atoms with Crippen molar-refractivity contribution in [3.8, 4) is 11.3 Å². The number of aromatic nitrogens is 2. The first kappa shape index (κ1) is 15.0. The van der Waals surface area contributed by atoms with Crippen LogP contribution in [0.3, 0.4) is 0 Å². The molecule has 0 aliphatic heterocycles. The Morgan fingerprint density at radius 2 is 2.17 bits per heavy atom. The lowest BCUT2D eigenvalue weighted by Gasteiger charge is -1.99. The van der Waals surface area contributed by atoms with E-state index in [-0.39, 0.29) is 18.1 Å². The Morgan fingerprint density at radius 3 is 2.91 bits per heavy atom. The van der Waals surface area contributed by atoms with Gasteiger partial charge >= 0.3 is 0 Å². The Hall–Kier alpha value is -2.96. The minimum absolute atomic E-state index is 0.170. The van der Waals surface area contributed by atoms with Crippen molar-refractivity contribution in [3.05, 3.63) is 54.0 Å². The standard InChI is InChI=1S/C16H14FN3O3/c1-10-8-14(20-23-10)19-15(21)6-7-16-18-9-13(22-16)11-4-2-3-5-12(11)17/h2-5,8-9H,6-7H2,1H3,(H,19,20,21). The Balaban J connectivity index is 1.59. The number of hydrogen-bond acceptors (Lipinski definition) is 5. The van der Waals surface area contributed by atoms with Crippen molar-refractivity contribution in [1.29, 1.82) is 0 Å². The molecule has 2 heterocycles. The number of nitrogens with zero attached hydrogens (tertiary/aromatic N) is 2. The number of amides is 1. The number of rotatable bonds is 5. The fraction of sp³-hybridized carbons (Fsp3) is 0.188. The van der Waals surface area contributed by atoms with E-state index >= 15 is 0 Å². The average molecular weight is 315 g/mol. The summed E-state index contributed by atoms with van der Waals surface area (Å²) >= 11 is 0. The van der Waals surface area contributed by atoms with Crippen LogP contribution in [0, 0.1) is 12.7 Å². The highest BCUT2D eigenvalue weighted by Gasteiger charge is 2.12. The van der Waals surface area contributed by atoms with Gasteiger partial charge in [-0.15, -0.1) is 0 Å². The molecule has 0 radical (unpaired) electrons. The maximum Gasteiger partial charge on any atom is 0.226 e. The molecule has 118 valence electrons. The van der Waals surface area contributed by atoms with Crippen LogP contribution in [-0.4, -0.2) is 16.0 Å². The smallest absolute Gasteiger partial charge is 0.226 e. The van der Waals surface area contributed by atoms with E-state index in [0.29, 0.717) is 35.2 Å². The third kappa shape index (κ3) is 3.63. The zero-order valence-electron chi connectivity index (χ0n) is 12.4. The molecule has 23 heavy (non-hydrogen) atoms. The molecule has 3 rings (SSSR count). The van der Waals surface area contributed by atoms with Crippen molar-refractivity contribution >= 4 is 11.7 Å². The molecule has 0 fully saturated rings. The van der Waals surface area contributed by atoms with Gasteiger partial charge in [-0.1, -0.05) is 17.3 Å². The highest BCUT2D eigenvalue weighted by atomic mass is 19.1. The molecular formula is C16H14FN3O3. The van der Waals surface area contributed by atoms with Crippen LogP contribution in [-0.2, 0) is 11.2 Å². The summed E-state index contributed by atoms with van der Waals surface area (Å²) in [5.41, 5.74) is 0.341. The SMILES string of the molecule is Cc1cc(NC(=O)CCc2ncc(-c3ccccc3F)o2)no1. The van der Waals surface area contributed by atoms with Gasteiger partial charge in [0.05, 0.1) is 11.8 Å². The number of oxazole rings is 1. The van der Waals surface area contributed by atoms with E-state index in [1.165, 1.54) is 12.3 Å². The van der Waals surface area contributed by atoms with Crippen molar-refractivity contribution in [2.75, 3.05) is 5.32 Å². The van der Waals surface area contributed by atoms with Gasteiger partial charge < -0.3 is 14.3 Å². The van der Waals surface area contributed by atoms with Gasteiger partial charge in [0.2, 0.25) is 5.91 Å². The van der Waals surface area contributed by atoms with E-state index in [4.69, 9.17) is 8.94 Å². The van der Waals surface area contributed by atoms with Crippen LogP contribution in [0.15, 0.2) is 45.5 Å². The number of anilines is 1. The quantitative estimate of drug-likeness (QED) is 0.781. The van der Waals surface area contributed by atoms with E-state index in [9.17, 15) is 9.18 Å². The normalized spacial score (nSPS) is 10.7.